The summed E-state index contributed by atoms with van der Waals surface area (Å²) in [7, 11) is -3.92. The van der Waals surface area contributed by atoms with Crippen LogP contribution in [0.2, 0.25) is 5.02 Å². The predicted molar refractivity (Wildman–Crippen MR) is 105 cm³/mol. The number of carbonyl (C=O) groups excluding carboxylic acids is 1. The van der Waals surface area contributed by atoms with Crippen LogP contribution in [0.4, 0.5) is 4.39 Å². The molecule has 1 aromatic carbocycles. The van der Waals surface area contributed by atoms with E-state index in [1.165, 1.54) is 23.7 Å². The van der Waals surface area contributed by atoms with Gasteiger partial charge in [-0.05, 0) is 25.1 Å². The van der Waals surface area contributed by atoms with Crippen molar-refractivity contribution in [3.05, 3.63) is 68.9 Å². The minimum absolute atomic E-state index is 0.0916. The van der Waals surface area contributed by atoms with Crippen molar-refractivity contribution in [1.82, 2.24) is 25.0 Å². The Hall–Kier alpha value is -2.47. The van der Waals surface area contributed by atoms with Gasteiger partial charge < -0.3 is 5.32 Å². The third-order valence-corrected chi connectivity index (χ3v) is 6.19. The highest BCUT2D eigenvalue weighted by Crippen LogP contribution is 2.19. The second kappa shape index (κ2) is 8.91. The highest BCUT2D eigenvalue weighted by Gasteiger charge is 2.16. The molecule has 0 unspecified atom stereocenters. The summed E-state index contributed by atoms with van der Waals surface area (Å²) >= 11 is 7.11. The molecule has 0 aliphatic rings. The Morgan fingerprint density at radius 2 is 2.00 bits per heavy atom. The average Bonchev–Trinajstić information content (AvgIpc) is 3.12. The van der Waals surface area contributed by atoms with Crippen molar-refractivity contribution in [3.63, 3.8) is 0 Å². The first kappa shape index (κ1) is 21.2. The molecule has 0 radical (unpaired) electrons. The van der Waals surface area contributed by atoms with Crippen molar-refractivity contribution in [2.45, 2.75) is 24.9 Å². The summed E-state index contributed by atoms with van der Waals surface area (Å²) in [5.41, 5.74) is 1.14. The molecule has 0 aliphatic carbocycles. The molecule has 0 spiro atoms. The number of hydrogen-bond acceptors (Lipinski definition) is 7. The Bertz CT molecular complexity index is 1140. The summed E-state index contributed by atoms with van der Waals surface area (Å²) in [6, 6.07) is 3.09. The maximum absolute atomic E-state index is 13.2. The monoisotopic (exact) mass is 455 g/mol. The van der Waals surface area contributed by atoms with Gasteiger partial charge in [0.1, 0.15) is 11.5 Å². The first-order chi connectivity index (χ1) is 13.7. The smallest absolute Gasteiger partial charge is 0.271 e. The number of amides is 1. The van der Waals surface area contributed by atoms with E-state index >= 15 is 0 Å². The largest absolute Gasteiger partial charge is 0.345 e. The molecule has 8 nitrogen and oxygen atoms in total. The molecule has 0 aliphatic heterocycles. The molecular formula is C17H15ClFN5O3S2. The number of hydrogen-bond donors (Lipinski definition) is 2. The molecule has 152 valence electrons. The normalized spacial score (nSPS) is 11.4. The highest BCUT2D eigenvalue weighted by atomic mass is 35.5. The van der Waals surface area contributed by atoms with Gasteiger partial charge >= 0.3 is 0 Å². The van der Waals surface area contributed by atoms with Crippen LogP contribution in [-0.4, -0.2) is 29.3 Å². The first-order valence-corrected chi connectivity index (χ1v) is 10.9. The van der Waals surface area contributed by atoms with Crippen LogP contribution in [0.25, 0.3) is 0 Å². The second-order valence-corrected chi connectivity index (χ2v) is 9.07. The van der Waals surface area contributed by atoms with Gasteiger partial charge in [0, 0.05) is 5.38 Å². The van der Waals surface area contributed by atoms with Gasteiger partial charge in [-0.25, -0.2) is 27.5 Å². The number of carbonyl (C=O) groups is 1. The Balaban J connectivity index is 1.58. The molecule has 0 saturated heterocycles. The predicted octanol–water partition coefficient (Wildman–Crippen LogP) is 2.44. The van der Waals surface area contributed by atoms with Crippen LogP contribution in [0.3, 0.4) is 0 Å². The molecular weight excluding hydrogens is 441 g/mol. The van der Waals surface area contributed by atoms with E-state index in [0.717, 1.165) is 28.9 Å². The third-order valence-electron chi connectivity index (χ3n) is 3.68. The van der Waals surface area contributed by atoms with E-state index in [4.69, 9.17) is 11.6 Å². The lowest BCUT2D eigenvalue weighted by Crippen LogP contribution is -2.25. The SMILES string of the molecule is Cc1nc(CNC(=O)c2cnc(CNS(=O)(=O)c3ccc(F)c(Cl)c3)cn2)cs1. The topological polar surface area (TPSA) is 114 Å². The lowest BCUT2D eigenvalue weighted by Gasteiger charge is -2.07. The highest BCUT2D eigenvalue weighted by molar-refractivity contribution is 7.89. The van der Waals surface area contributed by atoms with E-state index in [2.05, 4.69) is 25.0 Å². The zero-order valence-electron chi connectivity index (χ0n) is 15.0. The molecule has 2 N–H and O–H groups in total. The lowest BCUT2D eigenvalue weighted by molar-refractivity contribution is 0.0945. The van der Waals surface area contributed by atoms with E-state index in [0.29, 0.717) is 5.69 Å². The molecule has 3 aromatic rings. The average molecular weight is 456 g/mol. The van der Waals surface area contributed by atoms with Gasteiger partial charge in [-0.15, -0.1) is 11.3 Å². The van der Waals surface area contributed by atoms with Crippen molar-refractivity contribution in [1.29, 1.82) is 0 Å². The van der Waals surface area contributed by atoms with Crippen LogP contribution in [0, 0.1) is 12.7 Å². The zero-order valence-corrected chi connectivity index (χ0v) is 17.4. The number of benzene rings is 1. The first-order valence-electron chi connectivity index (χ1n) is 8.19. The number of rotatable bonds is 7. The fourth-order valence-electron chi connectivity index (χ4n) is 2.21. The van der Waals surface area contributed by atoms with Gasteiger partial charge in [0.2, 0.25) is 10.0 Å². The van der Waals surface area contributed by atoms with Crippen LogP contribution < -0.4 is 10.0 Å². The van der Waals surface area contributed by atoms with Crippen molar-refractivity contribution >= 4 is 38.9 Å². The molecule has 29 heavy (non-hydrogen) atoms. The van der Waals surface area contributed by atoms with Crippen LogP contribution in [0.5, 0.6) is 0 Å². The van der Waals surface area contributed by atoms with Crippen molar-refractivity contribution in [3.8, 4) is 0 Å². The third kappa shape index (κ3) is 5.54. The molecule has 2 aromatic heterocycles. The summed E-state index contributed by atoms with van der Waals surface area (Å²) in [4.78, 5) is 24.2. The molecule has 0 atom stereocenters. The molecule has 3 rings (SSSR count). The fourth-order valence-corrected chi connectivity index (χ4v) is 4.09. The summed E-state index contributed by atoms with van der Waals surface area (Å²) in [5.74, 6) is -1.13. The van der Waals surface area contributed by atoms with Gasteiger partial charge in [-0.1, -0.05) is 11.6 Å². The maximum Gasteiger partial charge on any atom is 0.271 e. The van der Waals surface area contributed by atoms with E-state index in [-0.39, 0.29) is 28.7 Å². The van der Waals surface area contributed by atoms with Crippen LogP contribution in [0.1, 0.15) is 26.9 Å². The minimum Gasteiger partial charge on any atom is -0.345 e. The number of nitrogens with zero attached hydrogens (tertiary/aromatic N) is 3. The summed E-state index contributed by atoms with van der Waals surface area (Å²) in [6.07, 6.45) is 2.54. The second-order valence-electron chi connectivity index (χ2n) is 5.83. The number of thiazole rings is 1. The Morgan fingerprint density at radius 1 is 1.21 bits per heavy atom. The molecule has 12 heteroatoms. The Kier molecular flexibility index (Phi) is 6.52. The van der Waals surface area contributed by atoms with Gasteiger partial charge in [0.25, 0.3) is 5.91 Å². The van der Waals surface area contributed by atoms with Crippen LogP contribution >= 0.6 is 22.9 Å². The summed E-state index contributed by atoms with van der Waals surface area (Å²) in [6.45, 7) is 1.98. The fraction of sp³-hybridized carbons (Fsp3) is 0.176. The summed E-state index contributed by atoms with van der Waals surface area (Å²) in [5, 5.41) is 5.15. The molecule has 0 saturated carbocycles. The number of aromatic nitrogens is 3. The van der Waals surface area contributed by atoms with Crippen molar-refractivity contribution in [2.75, 3.05) is 0 Å². The quantitative estimate of drug-likeness (QED) is 0.565. The van der Waals surface area contributed by atoms with E-state index in [9.17, 15) is 17.6 Å². The van der Waals surface area contributed by atoms with Gasteiger partial charge in [0.05, 0.1) is 51.8 Å². The van der Waals surface area contributed by atoms with Crippen molar-refractivity contribution in [2.24, 2.45) is 0 Å². The van der Waals surface area contributed by atoms with E-state index in [1.807, 2.05) is 12.3 Å². The van der Waals surface area contributed by atoms with E-state index < -0.39 is 21.7 Å². The maximum atomic E-state index is 13.2. The number of halogens is 2. The number of nitrogens with one attached hydrogen (secondary N) is 2. The molecule has 0 fully saturated rings. The molecule has 1 amide bonds. The van der Waals surface area contributed by atoms with Gasteiger partial charge in [0.15, 0.2) is 0 Å². The minimum atomic E-state index is -3.92. The Morgan fingerprint density at radius 3 is 2.62 bits per heavy atom. The lowest BCUT2D eigenvalue weighted by atomic mass is 10.3. The van der Waals surface area contributed by atoms with Gasteiger partial charge in [-0.3, -0.25) is 9.78 Å². The molecule has 2 heterocycles. The van der Waals surface area contributed by atoms with Gasteiger partial charge in [-0.2, -0.15) is 0 Å². The summed E-state index contributed by atoms with van der Waals surface area (Å²) < 4.78 is 40.0. The van der Waals surface area contributed by atoms with Crippen LogP contribution in [0.15, 0.2) is 40.9 Å². The standard InChI is InChI=1S/C17H15ClFN5O3S2/c1-10-24-12(9-28-10)6-22-17(25)16-8-20-11(5-21-16)7-23-29(26,27)13-2-3-15(19)14(18)4-13/h2-5,8-9,23H,6-7H2,1H3,(H,22,25). The number of aryl methyl sites for hydroxylation is 1. The molecule has 0 bridgehead atoms. The Labute approximate surface area is 175 Å². The van der Waals surface area contributed by atoms with E-state index in [1.54, 1.807) is 0 Å². The van der Waals surface area contributed by atoms with Crippen molar-refractivity contribution < 1.29 is 17.6 Å². The zero-order chi connectivity index (χ0) is 21.0. The number of sulfonamides is 1. The van der Waals surface area contributed by atoms with Crippen LogP contribution in [-0.2, 0) is 23.1 Å².